The Labute approximate surface area is 188 Å². The van der Waals surface area contributed by atoms with Gasteiger partial charge in [-0.05, 0) is 51.2 Å². The van der Waals surface area contributed by atoms with E-state index in [1.165, 1.54) is 0 Å². The van der Waals surface area contributed by atoms with Gasteiger partial charge in [0.25, 0.3) is 0 Å². The molecule has 5 rings (SSSR count). The average Bonchev–Trinajstić information content (AvgIpc) is 3.43. The van der Waals surface area contributed by atoms with Crippen molar-refractivity contribution in [1.82, 2.24) is 20.3 Å². The van der Waals surface area contributed by atoms with Crippen molar-refractivity contribution in [3.8, 4) is 17.3 Å². The molecule has 0 bridgehead atoms. The van der Waals surface area contributed by atoms with Crippen LogP contribution in [0.2, 0.25) is 0 Å². The van der Waals surface area contributed by atoms with Gasteiger partial charge in [0.05, 0.1) is 28.1 Å². The molecule has 0 radical (unpaired) electrons. The third-order valence-corrected chi connectivity index (χ3v) is 10.2. The monoisotopic (exact) mass is 448 g/mol. The minimum absolute atomic E-state index is 0.307. The second kappa shape index (κ2) is 8.35. The Hall–Kier alpha value is -2.68. The Kier molecular flexibility index (Phi) is 5.53. The highest BCUT2D eigenvalue weighted by molar-refractivity contribution is 7.72. The topological polar surface area (TPSA) is 106 Å². The number of piperidine rings is 1. The number of aromatic nitrogens is 3. The maximum absolute atomic E-state index is 13.7. The molecule has 2 aromatic heterocycles. The van der Waals surface area contributed by atoms with Crippen LogP contribution in [0.5, 0.6) is 0 Å². The number of H-pyrrole nitrogens is 1. The molecule has 2 aliphatic rings. The number of hydrogen-bond donors (Lipinski definition) is 3. The van der Waals surface area contributed by atoms with Crippen LogP contribution in [0.3, 0.4) is 0 Å². The van der Waals surface area contributed by atoms with Gasteiger partial charge in [-0.3, -0.25) is 0 Å². The maximum Gasteiger partial charge on any atom is 0.223 e. The number of benzene rings is 1. The third-order valence-electron chi connectivity index (χ3n) is 6.87. The van der Waals surface area contributed by atoms with Crippen molar-refractivity contribution in [1.29, 1.82) is 5.26 Å². The Morgan fingerprint density at radius 1 is 1.25 bits per heavy atom. The fourth-order valence-corrected chi connectivity index (χ4v) is 8.35. The van der Waals surface area contributed by atoms with Gasteiger partial charge < -0.3 is 20.2 Å². The Balaban J connectivity index is 1.55. The van der Waals surface area contributed by atoms with Gasteiger partial charge in [0.1, 0.15) is 7.14 Å². The first kappa shape index (κ1) is 21.2. The van der Waals surface area contributed by atoms with Crippen LogP contribution in [0.15, 0.2) is 24.5 Å². The highest BCUT2D eigenvalue weighted by Gasteiger charge is 2.34. The summed E-state index contributed by atoms with van der Waals surface area (Å²) < 4.78 is 13.7. The summed E-state index contributed by atoms with van der Waals surface area (Å²) in [6.45, 7) is 5.11. The van der Waals surface area contributed by atoms with Gasteiger partial charge in [0.15, 0.2) is 0 Å². The van der Waals surface area contributed by atoms with Gasteiger partial charge >= 0.3 is 0 Å². The van der Waals surface area contributed by atoms with E-state index in [0.717, 1.165) is 65.3 Å². The molecule has 7 nitrogen and oxygen atoms in total. The average molecular weight is 449 g/mol. The van der Waals surface area contributed by atoms with Crippen LogP contribution in [0.1, 0.15) is 43.7 Å². The van der Waals surface area contributed by atoms with E-state index in [-0.39, 0.29) is 0 Å². The highest BCUT2D eigenvalue weighted by atomic mass is 31.2. The minimum Gasteiger partial charge on any atom is -0.360 e. The van der Waals surface area contributed by atoms with E-state index in [9.17, 15) is 9.83 Å². The first-order valence-corrected chi connectivity index (χ1v) is 13.5. The van der Waals surface area contributed by atoms with Crippen LogP contribution in [0, 0.1) is 18.3 Å². The molecule has 3 N–H and O–H groups in total. The summed E-state index contributed by atoms with van der Waals surface area (Å²) in [5.41, 5.74) is 4.13. The number of hydrogen-bond acceptors (Lipinski definition) is 6. The minimum atomic E-state index is -2.56. The van der Waals surface area contributed by atoms with Crippen molar-refractivity contribution in [3.63, 3.8) is 0 Å². The van der Waals surface area contributed by atoms with Gasteiger partial charge in [0.2, 0.25) is 5.95 Å². The fraction of sp³-hybridized carbons (Fsp3) is 0.458. The largest absolute Gasteiger partial charge is 0.360 e. The Bertz CT molecular complexity index is 1240. The predicted molar refractivity (Wildman–Crippen MR) is 129 cm³/mol. The normalized spacial score (nSPS) is 22.7. The van der Waals surface area contributed by atoms with E-state index in [1.807, 2.05) is 31.5 Å². The molecule has 0 unspecified atom stereocenters. The van der Waals surface area contributed by atoms with Crippen molar-refractivity contribution >= 4 is 29.3 Å². The Morgan fingerprint density at radius 2 is 2.06 bits per heavy atom. The van der Waals surface area contributed by atoms with Gasteiger partial charge in [-0.25, -0.2) is 9.97 Å². The zero-order chi connectivity index (χ0) is 22.3. The van der Waals surface area contributed by atoms with Gasteiger partial charge in [-0.2, -0.15) is 5.26 Å². The molecule has 3 aromatic rings. The summed E-state index contributed by atoms with van der Waals surface area (Å²) in [7, 11) is -2.56. The van der Waals surface area contributed by atoms with Crippen LogP contribution in [-0.2, 0) is 4.57 Å². The smallest absolute Gasteiger partial charge is 0.223 e. The number of fused-ring (bicyclic) bond motifs is 1. The van der Waals surface area contributed by atoms with E-state index in [0.29, 0.717) is 35.9 Å². The van der Waals surface area contributed by atoms with Crippen molar-refractivity contribution < 1.29 is 4.57 Å². The van der Waals surface area contributed by atoms with E-state index in [1.54, 1.807) is 0 Å². The van der Waals surface area contributed by atoms with Crippen LogP contribution in [-0.4, -0.2) is 45.9 Å². The number of rotatable bonds is 4. The summed E-state index contributed by atoms with van der Waals surface area (Å²) in [4.78, 5) is 12.7. The van der Waals surface area contributed by atoms with E-state index < -0.39 is 7.14 Å². The van der Waals surface area contributed by atoms with Crippen LogP contribution in [0.4, 0.5) is 5.95 Å². The molecule has 166 valence electrons. The lowest BCUT2D eigenvalue weighted by Crippen LogP contribution is -2.43. The van der Waals surface area contributed by atoms with Crippen molar-refractivity contribution in [3.05, 3.63) is 35.7 Å². The predicted octanol–water partition coefficient (Wildman–Crippen LogP) is 4.14. The number of anilines is 1. The molecule has 4 heterocycles. The van der Waals surface area contributed by atoms with E-state index in [2.05, 4.69) is 33.6 Å². The van der Waals surface area contributed by atoms with Gasteiger partial charge in [-0.15, -0.1) is 0 Å². The second-order valence-corrected chi connectivity index (χ2v) is 12.3. The van der Waals surface area contributed by atoms with Crippen molar-refractivity contribution in [2.24, 2.45) is 0 Å². The number of nitriles is 1. The van der Waals surface area contributed by atoms with Gasteiger partial charge in [0, 0.05) is 54.3 Å². The first-order valence-electron chi connectivity index (χ1n) is 11.5. The van der Waals surface area contributed by atoms with Crippen LogP contribution < -0.4 is 15.9 Å². The number of nitrogens with one attached hydrogen (secondary N) is 3. The summed E-state index contributed by atoms with van der Waals surface area (Å²) in [5.74, 6) is 0.624. The zero-order valence-corrected chi connectivity index (χ0v) is 19.5. The molecular weight excluding hydrogens is 419 g/mol. The number of aryl methyl sites for hydroxylation is 1. The standard InChI is InChI=1S/C24H29N6OP/c1-15-12-28-24(29-18-7-5-16(2)26-13-18)30-21(15)20-14-27-22-19(20)8-6-17(11-25)23(22)32(31)9-3-4-10-32/h6,8,12,14,16,18,26-27H,3-5,7,9-10,13H2,1-2H3,(H,28,29,30)/t16-,18-/m0/s1. The quantitative estimate of drug-likeness (QED) is 0.518. The fourth-order valence-electron chi connectivity index (χ4n) is 5.05. The third kappa shape index (κ3) is 3.72. The molecule has 2 saturated heterocycles. The van der Waals surface area contributed by atoms with Crippen LogP contribution in [0.25, 0.3) is 22.2 Å². The lowest BCUT2D eigenvalue weighted by Gasteiger charge is -2.28. The van der Waals surface area contributed by atoms with Gasteiger partial charge in [-0.1, -0.05) is 6.07 Å². The summed E-state index contributed by atoms with van der Waals surface area (Å²) >= 11 is 0. The SMILES string of the molecule is Cc1cnc(N[C@H]2CC[C@H](C)NC2)nc1-c1c[nH]c2c(P3(=O)CCCC3)c(C#N)ccc12. The summed E-state index contributed by atoms with van der Waals surface area (Å²) in [6.07, 6.45) is 9.29. The van der Waals surface area contributed by atoms with Crippen LogP contribution >= 0.6 is 7.14 Å². The molecule has 2 aliphatic heterocycles. The lowest BCUT2D eigenvalue weighted by molar-refractivity contribution is 0.397. The second-order valence-electron chi connectivity index (χ2n) is 9.20. The van der Waals surface area contributed by atoms with E-state index in [4.69, 9.17) is 4.98 Å². The highest BCUT2D eigenvalue weighted by Crippen LogP contribution is 2.53. The molecule has 2 atom stereocenters. The molecule has 0 saturated carbocycles. The molecule has 8 heteroatoms. The summed E-state index contributed by atoms with van der Waals surface area (Å²) in [5, 5.41) is 18.4. The molecular formula is C24H29N6OP. The first-order chi connectivity index (χ1) is 15.5. The summed E-state index contributed by atoms with van der Waals surface area (Å²) in [6, 6.07) is 6.90. The molecule has 0 aliphatic carbocycles. The molecule has 0 amide bonds. The number of aromatic amines is 1. The van der Waals surface area contributed by atoms with Crippen molar-refractivity contribution in [2.45, 2.75) is 51.6 Å². The lowest BCUT2D eigenvalue weighted by atomic mass is 10.0. The molecule has 2 fully saturated rings. The molecule has 1 aromatic carbocycles. The van der Waals surface area contributed by atoms with E-state index >= 15 is 0 Å². The molecule has 0 spiro atoms. The Morgan fingerprint density at radius 3 is 2.78 bits per heavy atom. The zero-order valence-electron chi connectivity index (χ0n) is 18.6. The number of nitrogens with zero attached hydrogens (tertiary/aromatic N) is 3. The van der Waals surface area contributed by atoms with Crippen molar-refractivity contribution in [2.75, 3.05) is 24.2 Å². The maximum atomic E-state index is 13.7. The molecule has 32 heavy (non-hydrogen) atoms.